The summed E-state index contributed by atoms with van der Waals surface area (Å²) in [5.41, 5.74) is 0.548. The Labute approximate surface area is 178 Å². The fourth-order valence-corrected chi connectivity index (χ4v) is 3.65. The first kappa shape index (κ1) is 20.1. The molecule has 10 heteroatoms. The number of nitrogens with one attached hydrogen (secondary N) is 1. The first-order chi connectivity index (χ1) is 14.5. The van der Waals surface area contributed by atoms with E-state index in [1.807, 2.05) is 0 Å². The van der Waals surface area contributed by atoms with Gasteiger partial charge in [-0.3, -0.25) is 10.1 Å². The minimum absolute atomic E-state index is 0.0226. The zero-order valence-electron chi connectivity index (χ0n) is 15.1. The van der Waals surface area contributed by atoms with E-state index in [2.05, 4.69) is 15.0 Å². The van der Waals surface area contributed by atoms with E-state index in [4.69, 9.17) is 20.8 Å². The van der Waals surface area contributed by atoms with E-state index in [0.717, 1.165) is 11.3 Å². The number of alkyl halides is 2. The van der Waals surface area contributed by atoms with Crippen LogP contribution in [0.15, 0.2) is 59.0 Å². The molecule has 0 spiro atoms. The zero-order valence-corrected chi connectivity index (χ0v) is 16.7. The van der Waals surface area contributed by atoms with Crippen molar-refractivity contribution in [1.29, 1.82) is 0 Å². The minimum Gasteiger partial charge on any atom is -0.486 e. The molecule has 0 radical (unpaired) electrons. The maximum atomic E-state index is 12.4. The number of fused-ring (bicyclic) bond motifs is 1. The number of benzene rings is 2. The van der Waals surface area contributed by atoms with Crippen molar-refractivity contribution in [3.63, 3.8) is 0 Å². The highest BCUT2D eigenvalue weighted by Gasteiger charge is 2.15. The Morgan fingerprint density at radius 1 is 1.17 bits per heavy atom. The highest BCUT2D eigenvalue weighted by Crippen LogP contribution is 2.30. The Balaban J connectivity index is 1.40. The predicted molar refractivity (Wildman–Crippen MR) is 109 cm³/mol. The van der Waals surface area contributed by atoms with Crippen LogP contribution in [0.1, 0.15) is 16.3 Å². The standard InChI is InChI=1S/C20H13ClF2N2O4S/c21-11-2-1-3-12(8-11)27-10-14-5-7-16(28-14)18(26)25-20-24-15-6-4-13(29-19(22)23)9-17(15)30-20/h1-9,19H,10H2,(H,24,25,26). The number of rotatable bonds is 7. The molecular weight excluding hydrogens is 438 g/mol. The van der Waals surface area contributed by atoms with Gasteiger partial charge in [-0.1, -0.05) is 29.0 Å². The molecular formula is C20H13ClF2N2O4S. The molecule has 154 valence electrons. The molecule has 2 aromatic carbocycles. The number of furan rings is 1. The van der Waals surface area contributed by atoms with E-state index in [1.54, 1.807) is 30.3 Å². The van der Waals surface area contributed by atoms with Crippen LogP contribution < -0.4 is 14.8 Å². The number of aromatic nitrogens is 1. The lowest BCUT2D eigenvalue weighted by Gasteiger charge is -2.04. The predicted octanol–water partition coefficient (Wildman–Crippen LogP) is 5.98. The summed E-state index contributed by atoms with van der Waals surface area (Å²) in [5.74, 6) is 0.648. The van der Waals surface area contributed by atoms with Gasteiger partial charge in [0.1, 0.15) is 23.9 Å². The van der Waals surface area contributed by atoms with Crippen LogP contribution in [0.2, 0.25) is 5.02 Å². The molecule has 2 aromatic heterocycles. The molecule has 2 heterocycles. The molecule has 0 aliphatic rings. The average Bonchev–Trinajstić information content (AvgIpc) is 3.32. The van der Waals surface area contributed by atoms with Crippen LogP contribution in [0.5, 0.6) is 11.5 Å². The molecule has 0 saturated carbocycles. The summed E-state index contributed by atoms with van der Waals surface area (Å²) in [4.78, 5) is 16.7. The zero-order chi connectivity index (χ0) is 21.1. The third-order valence-electron chi connectivity index (χ3n) is 3.87. The van der Waals surface area contributed by atoms with Crippen molar-refractivity contribution in [2.45, 2.75) is 13.2 Å². The second-order valence-electron chi connectivity index (χ2n) is 5.99. The molecule has 0 atom stereocenters. The van der Waals surface area contributed by atoms with Crippen LogP contribution >= 0.6 is 22.9 Å². The number of carbonyl (C=O) groups excluding carboxylic acids is 1. The van der Waals surface area contributed by atoms with Crippen LogP contribution in [0, 0.1) is 0 Å². The van der Waals surface area contributed by atoms with Gasteiger partial charge in [0.15, 0.2) is 10.9 Å². The van der Waals surface area contributed by atoms with E-state index < -0.39 is 12.5 Å². The molecule has 1 amide bonds. The third kappa shape index (κ3) is 4.87. The molecule has 6 nitrogen and oxygen atoms in total. The van der Waals surface area contributed by atoms with Crippen molar-refractivity contribution < 1.29 is 27.5 Å². The molecule has 4 aromatic rings. The number of hydrogen-bond acceptors (Lipinski definition) is 6. The number of thiazole rings is 1. The minimum atomic E-state index is -2.91. The normalized spacial score (nSPS) is 11.1. The topological polar surface area (TPSA) is 73.6 Å². The van der Waals surface area contributed by atoms with Crippen molar-refractivity contribution in [1.82, 2.24) is 4.98 Å². The average molecular weight is 451 g/mol. The van der Waals surface area contributed by atoms with Gasteiger partial charge in [-0.05, 0) is 48.5 Å². The number of anilines is 1. The summed E-state index contributed by atoms with van der Waals surface area (Å²) in [7, 11) is 0. The number of carbonyl (C=O) groups is 1. The molecule has 4 rings (SSSR count). The lowest BCUT2D eigenvalue weighted by molar-refractivity contribution is -0.0497. The quantitative estimate of drug-likeness (QED) is 0.375. The van der Waals surface area contributed by atoms with Gasteiger partial charge in [0.25, 0.3) is 5.91 Å². The second kappa shape index (κ2) is 8.68. The van der Waals surface area contributed by atoms with Crippen LogP contribution in [0.3, 0.4) is 0 Å². The van der Waals surface area contributed by atoms with E-state index in [0.29, 0.717) is 31.9 Å². The molecule has 0 fully saturated rings. The number of amides is 1. The fraction of sp³-hybridized carbons (Fsp3) is 0.100. The van der Waals surface area contributed by atoms with Crippen LogP contribution in [0.4, 0.5) is 13.9 Å². The molecule has 0 bridgehead atoms. The smallest absolute Gasteiger partial charge is 0.387 e. The Bertz CT molecular complexity index is 1190. The highest BCUT2D eigenvalue weighted by molar-refractivity contribution is 7.22. The Kier molecular flexibility index (Phi) is 5.82. The summed E-state index contributed by atoms with van der Waals surface area (Å²) in [5, 5.41) is 3.48. The molecule has 0 saturated heterocycles. The van der Waals surface area contributed by atoms with Crippen molar-refractivity contribution >= 4 is 44.2 Å². The monoisotopic (exact) mass is 450 g/mol. The summed E-state index contributed by atoms with van der Waals surface area (Å²) >= 11 is 7.04. The number of halogens is 3. The van der Waals surface area contributed by atoms with Crippen molar-refractivity contribution in [2.24, 2.45) is 0 Å². The maximum Gasteiger partial charge on any atom is 0.387 e. The van der Waals surface area contributed by atoms with Gasteiger partial charge in [0.05, 0.1) is 10.2 Å². The van der Waals surface area contributed by atoms with Gasteiger partial charge in [-0.25, -0.2) is 4.98 Å². The molecule has 0 aliphatic carbocycles. The first-order valence-electron chi connectivity index (χ1n) is 8.60. The van der Waals surface area contributed by atoms with E-state index >= 15 is 0 Å². The molecule has 0 aliphatic heterocycles. The Hall–Kier alpha value is -3.17. The largest absolute Gasteiger partial charge is 0.486 e. The van der Waals surface area contributed by atoms with Crippen LogP contribution in [0.25, 0.3) is 10.2 Å². The Morgan fingerprint density at radius 3 is 2.83 bits per heavy atom. The fourth-order valence-electron chi connectivity index (χ4n) is 2.58. The summed E-state index contributed by atoms with van der Waals surface area (Å²) in [6.07, 6.45) is 0. The van der Waals surface area contributed by atoms with E-state index in [1.165, 1.54) is 24.3 Å². The van der Waals surface area contributed by atoms with Gasteiger partial charge in [-0.15, -0.1) is 0 Å². The SMILES string of the molecule is O=C(Nc1nc2ccc(OC(F)F)cc2s1)c1ccc(COc2cccc(Cl)c2)o1. The maximum absolute atomic E-state index is 12.4. The number of ether oxygens (including phenoxy) is 2. The van der Waals surface area contributed by atoms with Gasteiger partial charge in [-0.2, -0.15) is 8.78 Å². The molecule has 0 unspecified atom stereocenters. The van der Waals surface area contributed by atoms with Gasteiger partial charge in [0, 0.05) is 5.02 Å². The van der Waals surface area contributed by atoms with Crippen LogP contribution in [-0.4, -0.2) is 17.5 Å². The Morgan fingerprint density at radius 2 is 2.03 bits per heavy atom. The molecule has 1 N–H and O–H groups in total. The first-order valence-corrected chi connectivity index (χ1v) is 9.79. The van der Waals surface area contributed by atoms with E-state index in [9.17, 15) is 13.6 Å². The van der Waals surface area contributed by atoms with Gasteiger partial charge < -0.3 is 13.9 Å². The number of nitrogens with zero attached hydrogens (tertiary/aromatic N) is 1. The van der Waals surface area contributed by atoms with E-state index in [-0.39, 0.29) is 18.1 Å². The highest BCUT2D eigenvalue weighted by atomic mass is 35.5. The summed E-state index contributed by atoms with van der Waals surface area (Å²) in [6.45, 7) is -2.78. The second-order valence-corrected chi connectivity index (χ2v) is 7.46. The lowest BCUT2D eigenvalue weighted by atomic mass is 10.3. The van der Waals surface area contributed by atoms with Crippen molar-refractivity contribution in [3.8, 4) is 11.5 Å². The summed E-state index contributed by atoms with van der Waals surface area (Å²) < 4.78 is 40.7. The third-order valence-corrected chi connectivity index (χ3v) is 5.04. The van der Waals surface area contributed by atoms with Crippen molar-refractivity contribution in [2.75, 3.05) is 5.32 Å². The summed E-state index contributed by atoms with van der Waals surface area (Å²) in [6, 6.07) is 14.4. The number of hydrogen-bond donors (Lipinski definition) is 1. The van der Waals surface area contributed by atoms with Gasteiger partial charge in [0.2, 0.25) is 0 Å². The molecule has 30 heavy (non-hydrogen) atoms. The van der Waals surface area contributed by atoms with Gasteiger partial charge >= 0.3 is 6.61 Å². The van der Waals surface area contributed by atoms with Crippen LogP contribution in [-0.2, 0) is 6.61 Å². The lowest BCUT2D eigenvalue weighted by Crippen LogP contribution is -2.10. The van der Waals surface area contributed by atoms with Crippen molar-refractivity contribution in [3.05, 3.63) is 71.1 Å².